The zero-order chi connectivity index (χ0) is 13.0. The molecule has 1 heterocycles. The van der Waals surface area contributed by atoms with Gasteiger partial charge in [0.25, 0.3) is 0 Å². The number of aliphatic carboxylic acids is 1. The van der Waals surface area contributed by atoms with Gasteiger partial charge >= 0.3 is 5.97 Å². The molecule has 1 aromatic rings. The van der Waals surface area contributed by atoms with Crippen LogP contribution in [0.4, 0.5) is 5.69 Å². The van der Waals surface area contributed by atoms with Crippen molar-refractivity contribution in [2.24, 2.45) is 5.92 Å². The fourth-order valence-electron chi connectivity index (χ4n) is 2.52. The quantitative estimate of drug-likeness (QED) is 0.890. The highest BCUT2D eigenvalue weighted by atomic mass is 16.5. The second-order valence-electron chi connectivity index (χ2n) is 4.70. The molecule has 4 nitrogen and oxygen atoms in total. The average molecular weight is 249 g/mol. The van der Waals surface area contributed by atoms with Crippen LogP contribution in [0.2, 0.25) is 0 Å². The largest absolute Gasteiger partial charge is 0.495 e. The number of anilines is 1. The number of hydrogen-bond acceptors (Lipinski definition) is 3. The van der Waals surface area contributed by atoms with Crippen molar-refractivity contribution >= 4 is 11.7 Å². The predicted octanol–water partition coefficient (Wildman–Crippen LogP) is 2.39. The molecule has 0 atom stereocenters. The Labute approximate surface area is 107 Å². The van der Waals surface area contributed by atoms with E-state index in [1.807, 2.05) is 18.2 Å². The van der Waals surface area contributed by atoms with Crippen molar-refractivity contribution in [2.75, 3.05) is 25.1 Å². The normalized spacial score (nSPS) is 16.6. The summed E-state index contributed by atoms with van der Waals surface area (Å²) in [5.74, 6) is 0.508. The van der Waals surface area contributed by atoms with E-state index in [4.69, 9.17) is 9.84 Å². The van der Waals surface area contributed by atoms with E-state index in [9.17, 15) is 4.79 Å². The van der Waals surface area contributed by atoms with Gasteiger partial charge in [0.1, 0.15) is 5.75 Å². The third-order valence-corrected chi connectivity index (χ3v) is 3.50. The van der Waals surface area contributed by atoms with Gasteiger partial charge < -0.3 is 14.7 Å². The summed E-state index contributed by atoms with van der Waals surface area (Å²) in [7, 11) is 1.68. The Bertz CT molecular complexity index is 411. The van der Waals surface area contributed by atoms with Crippen LogP contribution in [-0.4, -0.2) is 31.3 Å². The molecule has 18 heavy (non-hydrogen) atoms. The molecule has 1 fully saturated rings. The fourth-order valence-corrected chi connectivity index (χ4v) is 2.52. The Morgan fingerprint density at radius 1 is 1.39 bits per heavy atom. The Morgan fingerprint density at radius 3 is 2.67 bits per heavy atom. The minimum Gasteiger partial charge on any atom is -0.495 e. The van der Waals surface area contributed by atoms with Crippen LogP contribution in [0.5, 0.6) is 5.75 Å². The van der Waals surface area contributed by atoms with Crippen LogP contribution < -0.4 is 9.64 Å². The Hall–Kier alpha value is -1.71. The van der Waals surface area contributed by atoms with Crippen molar-refractivity contribution in [1.29, 1.82) is 0 Å². The zero-order valence-corrected chi connectivity index (χ0v) is 10.6. The first-order valence-corrected chi connectivity index (χ1v) is 6.30. The van der Waals surface area contributed by atoms with E-state index >= 15 is 0 Å². The Balaban J connectivity index is 1.99. The number of benzene rings is 1. The van der Waals surface area contributed by atoms with Crippen LogP contribution in [-0.2, 0) is 4.79 Å². The number of carbonyl (C=O) groups is 1. The topological polar surface area (TPSA) is 49.8 Å². The van der Waals surface area contributed by atoms with E-state index in [2.05, 4.69) is 11.0 Å². The number of piperidine rings is 1. The molecule has 0 unspecified atom stereocenters. The molecular formula is C14H19NO3. The van der Waals surface area contributed by atoms with Gasteiger partial charge in [-0.25, -0.2) is 0 Å². The molecule has 2 rings (SSSR count). The van der Waals surface area contributed by atoms with E-state index < -0.39 is 5.97 Å². The van der Waals surface area contributed by atoms with Gasteiger partial charge in [-0.2, -0.15) is 0 Å². The maximum absolute atomic E-state index is 10.7. The van der Waals surface area contributed by atoms with Crippen LogP contribution in [0.1, 0.15) is 19.3 Å². The molecule has 1 aliphatic rings. The minimum atomic E-state index is -0.689. The molecule has 0 amide bonds. The van der Waals surface area contributed by atoms with Crippen LogP contribution in [0, 0.1) is 5.92 Å². The van der Waals surface area contributed by atoms with E-state index in [-0.39, 0.29) is 0 Å². The molecule has 0 aliphatic carbocycles. The number of rotatable bonds is 4. The molecule has 98 valence electrons. The number of hydrogen-bond donors (Lipinski definition) is 1. The molecule has 1 saturated heterocycles. The van der Waals surface area contributed by atoms with Gasteiger partial charge in [0.15, 0.2) is 0 Å². The lowest BCUT2D eigenvalue weighted by Crippen LogP contribution is -2.34. The highest BCUT2D eigenvalue weighted by molar-refractivity contribution is 5.67. The lowest BCUT2D eigenvalue weighted by Gasteiger charge is -2.33. The lowest BCUT2D eigenvalue weighted by molar-refractivity contribution is -0.138. The Kier molecular flexibility index (Phi) is 4.07. The molecule has 0 aromatic heterocycles. The predicted molar refractivity (Wildman–Crippen MR) is 70.2 cm³/mol. The van der Waals surface area contributed by atoms with Gasteiger partial charge in [0.2, 0.25) is 0 Å². The SMILES string of the molecule is COc1ccccc1N1CCC(CC(=O)O)CC1. The molecule has 0 spiro atoms. The molecule has 4 heteroatoms. The van der Waals surface area contributed by atoms with Gasteiger partial charge in [-0.15, -0.1) is 0 Å². The van der Waals surface area contributed by atoms with E-state index in [0.717, 1.165) is 37.4 Å². The van der Waals surface area contributed by atoms with Gasteiger partial charge in [-0.1, -0.05) is 12.1 Å². The molecule has 1 aliphatic heterocycles. The van der Waals surface area contributed by atoms with Crippen molar-refractivity contribution in [2.45, 2.75) is 19.3 Å². The summed E-state index contributed by atoms with van der Waals surface area (Å²) in [5.41, 5.74) is 1.11. The second-order valence-corrected chi connectivity index (χ2v) is 4.70. The van der Waals surface area contributed by atoms with E-state index in [1.165, 1.54) is 0 Å². The summed E-state index contributed by atoms with van der Waals surface area (Å²) in [5, 5.41) is 8.80. The zero-order valence-electron chi connectivity index (χ0n) is 10.6. The highest BCUT2D eigenvalue weighted by Crippen LogP contribution is 2.31. The van der Waals surface area contributed by atoms with Gasteiger partial charge in [-0.3, -0.25) is 4.79 Å². The summed E-state index contributed by atoms with van der Waals surface area (Å²) in [4.78, 5) is 13.0. The van der Waals surface area contributed by atoms with Crippen molar-refractivity contribution < 1.29 is 14.6 Å². The van der Waals surface area contributed by atoms with Crippen LogP contribution >= 0.6 is 0 Å². The summed E-state index contributed by atoms with van der Waals surface area (Å²) in [6, 6.07) is 7.97. The molecule has 0 saturated carbocycles. The fraction of sp³-hybridized carbons (Fsp3) is 0.500. The first kappa shape index (κ1) is 12.7. The van der Waals surface area contributed by atoms with Crippen LogP contribution in [0.3, 0.4) is 0 Å². The first-order chi connectivity index (χ1) is 8.70. The van der Waals surface area contributed by atoms with E-state index in [0.29, 0.717) is 12.3 Å². The number of ether oxygens (including phenoxy) is 1. The second kappa shape index (κ2) is 5.76. The third-order valence-electron chi connectivity index (χ3n) is 3.50. The summed E-state index contributed by atoms with van der Waals surface area (Å²) >= 11 is 0. The monoisotopic (exact) mass is 249 g/mol. The van der Waals surface area contributed by atoms with Crippen molar-refractivity contribution in [3.8, 4) is 5.75 Å². The number of carboxylic acids is 1. The van der Waals surface area contributed by atoms with Crippen molar-refractivity contribution in [3.05, 3.63) is 24.3 Å². The van der Waals surface area contributed by atoms with Crippen molar-refractivity contribution in [3.63, 3.8) is 0 Å². The molecular weight excluding hydrogens is 230 g/mol. The minimum absolute atomic E-state index is 0.291. The summed E-state index contributed by atoms with van der Waals surface area (Å²) in [6.07, 6.45) is 2.16. The molecule has 1 aromatic carbocycles. The number of para-hydroxylation sites is 2. The lowest BCUT2D eigenvalue weighted by atomic mass is 9.93. The first-order valence-electron chi connectivity index (χ1n) is 6.30. The van der Waals surface area contributed by atoms with Crippen LogP contribution in [0.25, 0.3) is 0 Å². The van der Waals surface area contributed by atoms with Gasteiger partial charge in [0, 0.05) is 19.5 Å². The molecule has 0 radical (unpaired) electrons. The molecule has 1 N–H and O–H groups in total. The van der Waals surface area contributed by atoms with Gasteiger partial charge in [-0.05, 0) is 30.9 Å². The standard InChI is InChI=1S/C14H19NO3/c1-18-13-5-3-2-4-12(13)15-8-6-11(7-9-15)10-14(16)17/h2-5,11H,6-10H2,1H3,(H,16,17). The van der Waals surface area contributed by atoms with Crippen LogP contribution in [0.15, 0.2) is 24.3 Å². The maximum atomic E-state index is 10.7. The van der Waals surface area contributed by atoms with Crippen molar-refractivity contribution in [1.82, 2.24) is 0 Å². The van der Waals surface area contributed by atoms with E-state index in [1.54, 1.807) is 7.11 Å². The summed E-state index contributed by atoms with van der Waals surface area (Å²) in [6.45, 7) is 1.80. The average Bonchev–Trinajstić information content (AvgIpc) is 2.39. The maximum Gasteiger partial charge on any atom is 0.303 e. The summed E-state index contributed by atoms with van der Waals surface area (Å²) < 4.78 is 5.35. The third kappa shape index (κ3) is 2.94. The Morgan fingerprint density at radius 2 is 2.06 bits per heavy atom. The highest BCUT2D eigenvalue weighted by Gasteiger charge is 2.22. The molecule has 0 bridgehead atoms. The number of methoxy groups -OCH3 is 1. The number of nitrogens with zero attached hydrogens (tertiary/aromatic N) is 1. The smallest absolute Gasteiger partial charge is 0.303 e. The van der Waals surface area contributed by atoms with Gasteiger partial charge in [0.05, 0.1) is 12.8 Å². The number of carboxylic acid groups (broad SMARTS) is 1.